The van der Waals surface area contributed by atoms with Gasteiger partial charge >= 0.3 is 0 Å². The van der Waals surface area contributed by atoms with Crippen molar-refractivity contribution >= 4 is 17.0 Å². The summed E-state index contributed by atoms with van der Waals surface area (Å²) in [6, 6.07) is 0. The minimum atomic E-state index is -1.20. The number of alkyl halides is 1. The van der Waals surface area contributed by atoms with Crippen LogP contribution in [0.5, 0.6) is 0 Å². The van der Waals surface area contributed by atoms with Crippen LogP contribution in [0.25, 0.3) is 11.2 Å². The van der Waals surface area contributed by atoms with E-state index < -0.39 is 18.5 Å². The number of imidazole rings is 1. The highest BCUT2D eigenvalue weighted by Gasteiger charge is 2.36. The van der Waals surface area contributed by atoms with Crippen LogP contribution in [0.3, 0.4) is 0 Å². The molecule has 3 heterocycles. The molecule has 0 amide bonds. The number of nitrogen functional groups attached to an aromatic ring is 1. The third-order valence-electron chi connectivity index (χ3n) is 3.04. The Hall–Kier alpha value is -1.80. The monoisotopic (exact) mass is 253 g/mol. The highest BCUT2D eigenvalue weighted by molar-refractivity contribution is 5.81. The maximum atomic E-state index is 13.5. The Kier molecular flexibility index (Phi) is 2.60. The molecule has 1 aliphatic heterocycles. The van der Waals surface area contributed by atoms with E-state index in [0.29, 0.717) is 11.2 Å². The predicted molar refractivity (Wildman–Crippen MR) is 60.2 cm³/mol. The molecular weight excluding hydrogens is 241 g/mol. The lowest BCUT2D eigenvalue weighted by molar-refractivity contribution is -0.0323. The minimum absolute atomic E-state index is 0.153. The number of fused-ring (bicyclic) bond motifs is 1. The van der Waals surface area contributed by atoms with E-state index in [0.717, 1.165) is 0 Å². The van der Waals surface area contributed by atoms with Gasteiger partial charge in [-0.25, -0.2) is 19.3 Å². The van der Waals surface area contributed by atoms with E-state index >= 15 is 0 Å². The van der Waals surface area contributed by atoms with Crippen molar-refractivity contribution in [3.63, 3.8) is 0 Å². The molecule has 3 rings (SSSR count). The number of ether oxygens (including phenoxy) is 1. The second-order valence-electron chi connectivity index (χ2n) is 4.15. The first-order chi connectivity index (χ1) is 8.70. The standard InChI is InChI=1S/C10H12FN5O2/c11-5-1-7(18-6(5)2-17)16-4-15-8-9(12)13-3-14-10(8)16/h3-7,17H,1-2H2,(H2,12,13,14)/t5-,6+,7-/m1/s1. The Labute approximate surface area is 101 Å². The number of hydrogen-bond acceptors (Lipinski definition) is 6. The summed E-state index contributed by atoms with van der Waals surface area (Å²) in [5, 5.41) is 8.97. The van der Waals surface area contributed by atoms with Gasteiger partial charge in [-0.05, 0) is 0 Å². The van der Waals surface area contributed by atoms with Crippen LogP contribution in [0.1, 0.15) is 12.6 Å². The summed E-state index contributed by atoms with van der Waals surface area (Å²) < 4.78 is 20.6. The number of nitrogens with zero attached hydrogens (tertiary/aromatic N) is 4. The zero-order valence-corrected chi connectivity index (χ0v) is 9.40. The first kappa shape index (κ1) is 11.3. The van der Waals surface area contributed by atoms with Gasteiger partial charge in [0.15, 0.2) is 11.5 Å². The van der Waals surface area contributed by atoms with E-state index in [-0.39, 0.29) is 18.8 Å². The van der Waals surface area contributed by atoms with Gasteiger partial charge in [-0.15, -0.1) is 0 Å². The second-order valence-corrected chi connectivity index (χ2v) is 4.15. The van der Waals surface area contributed by atoms with E-state index in [1.807, 2.05) is 0 Å². The molecule has 3 atom stereocenters. The molecule has 2 aromatic heterocycles. The highest BCUT2D eigenvalue weighted by Crippen LogP contribution is 2.32. The largest absolute Gasteiger partial charge is 0.394 e. The van der Waals surface area contributed by atoms with Gasteiger partial charge in [0.1, 0.15) is 30.3 Å². The Morgan fingerprint density at radius 2 is 2.33 bits per heavy atom. The molecule has 0 aromatic carbocycles. The fourth-order valence-corrected chi connectivity index (χ4v) is 2.10. The van der Waals surface area contributed by atoms with Crippen LogP contribution < -0.4 is 5.73 Å². The molecule has 0 saturated carbocycles. The van der Waals surface area contributed by atoms with Gasteiger partial charge in [-0.1, -0.05) is 0 Å². The normalized spacial score (nSPS) is 28.0. The molecule has 0 spiro atoms. The zero-order valence-electron chi connectivity index (χ0n) is 9.40. The number of rotatable bonds is 2. The third kappa shape index (κ3) is 1.61. The summed E-state index contributed by atoms with van der Waals surface area (Å²) in [6.45, 7) is -0.346. The number of hydrogen-bond donors (Lipinski definition) is 2. The molecular formula is C10H12FN5O2. The van der Waals surface area contributed by atoms with E-state index in [2.05, 4.69) is 15.0 Å². The predicted octanol–water partition coefficient (Wildman–Crippen LogP) is 0.0264. The number of nitrogens with two attached hydrogens (primary N) is 1. The van der Waals surface area contributed by atoms with Crippen LogP contribution in [-0.4, -0.2) is 43.5 Å². The molecule has 1 aliphatic rings. The maximum Gasteiger partial charge on any atom is 0.167 e. The zero-order chi connectivity index (χ0) is 12.7. The Balaban J connectivity index is 1.99. The fraction of sp³-hybridized carbons (Fsp3) is 0.500. The summed E-state index contributed by atoms with van der Waals surface area (Å²) in [6.07, 6.45) is 0.439. The third-order valence-corrected chi connectivity index (χ3v) is 3.04. The molecule has 7 nitrogen and oxygen atoms in total. The van der Waals surface area contributed by atoms with Crippen molar-refractivity contribution in [1.29, 1.82) is 0 Å². The lowest BCUT2D eigenvalue weighted by Gasteiger charge is -2.13. The maximum absolute atomic E-state index is 13.5. The van der Waals surface area contributed by atoms with Crippen molar-refractivity contribution in [2.75, 3.05) is 12.3 Å². The summed E-state index contributed by atoms with van der Waals surface area (Å²) in [5.74, 6) is 0.271. The quantitative estimate of drug-likeness (QED) is 0.783. The summed E-state index contributed by atoms with van der Waals surface area (Å²) >= 11 is 0. The van der Waals surface area contributed by atoms with Crippen LogP contribution in [0.2, 0.25) is 0 Å². The Morgan fingerprint density at radius 3 is 3.06 bits per heavy atom. The first-order valence-electron chi connectivity index (χ1n) is 5.54. The number of anilines is 1. The van der Waals surface area contributed by atoms with Crippen molar-refractivity contribution in [2.45, 2.75) is 24.9 Å². The number of halogens is 1. The Morgan fingerprint density at radius 1 is 1.50 bits per heavy atom. The van der Waals surface area contributed by atoms with E-state index in [4.69, 9.17) is 15.6 Å². The van der Waals surface area contributed by atoms with E-state index in [1.54, 1.807) is 4.57 Å². The topological polar surface area (TPSA) is 99.1 Å². The lowest BCUT2D eigenvalue weighted by atomic mass is 10.2. The number of aliphatic hydroxyl groups is 1. The second kappa shape index (κ2) is 4.14. The summed E-state index contributed by atoms with van der Waals surface area (Å²) in [7, 11) is 0. The molecule has 1 saturated heterocycles. The van der Waals surface area contributed by atoms with Crippen LogP contribution in [-0.2, 0) is 4.74 Å². The molecule has 8 heteroatoms. The molecule has 0 unspecified atom stereocenters. The molecule has 2 aromatic rings. The first-order valence-corrected chi connectivity index (χ1v) is 5.54. The van der Waals surface area contributed by atoms with Gasteiger partial charge in [0.2, 0.25) is 0 Å². The number of aliphatic hydroxyl groups excluding tert-OH is 1. The average Bonchev–Trinajstić information content (AvgIpc) is 2.93. The smallest absolute Gasteiger partial charge is 0.167 e. The summed E-state index contributed by atoms with van der Waals surface area (Å²) in [5.41, 5.74) is 6.63. The van der Waals surface area contributed by atoms with Crippen molar-refractivity contribution in [3.05, 3.63) is 12.7 Å². The van der Waals surface area contributed by atoms with Crippen LogP contribution in [0, 0.1) is 0 Å². The van der Waals surface area contributed by atoms with E-state index in [1.165, 1.54) is 12.7 Å². The minimum Gasteiger partial charge on any atom is -0.394 e. The SMILES string of the molecule is Nc1ncnc2c1ncn2[C@H]1C[C@@H](F)[C@H](CO)O1. The van der Waals surface area contributed by atoms with Crippen molar-refractivity contribution < 1.29 is 14.2 Å². The lowest BCUT2D eigenvalue weighted by Crippen LogP contribution is -2.21. The van der Waals surface area contributed by atoms with Gasteiger partial charge in [0.05, 0.1) is 12.9 Å². The van der Waals surface area contributed by atoms with Gasteiger partial charge in [0, 0.05) is 6.42 Å². The molecule has 1 fully saturated rings. The van der Waals surface area contributed by atoms with Crippen LogP contribution in [0.15, 0.2) is 12.7 Å². The van der Waals surface area contributed by atoms with Gasteiger partial charge in [0.25, 0.3) is 0 Å². The molecule has 0 radical (unpaired) electrons. The molecule has 96 valence electrons. The van der Waals surface area contributed by atoms with Gasteiger partial charge in [-0.2, -0.15) is 0 Å². The van der Waals surface area contributed by atoms with Crippen LogP contribution in [0.4, 0.5) is 10.2 Å². The number of aromatic nitrogens is 4. The Bertz CT molecular complexity index is 574. The van der Waals surface area contributed by atoms with E-state index in [9.17, 15) is 4.39 Å². The van der Waals surface area contributed by atoms with Crippen LogP contribution >= 0.6 is 0 Å². The fourth-order valence-electron chi connectivity index (χ4n) is 2.10. The van der Waals surface area contributed by atoms with Crippen molar-refractivity contribution in [1.82, 2.24) is 19.5 Å². The molecule has 18 heavy (non-hydrogen) atoms. The average molecular weight is 253 g/mol. The van der Waals surface area contributed by atoms with Gasteiger partial charge in [-0.3, -0.25) is 4.57 Å². The molecule has 3 N–H and O–H groups in total. The summed E-state index contributed by atoms with van der Waals surface area (Å²) in [4.78, 5) is 12.0. The van der Waals surface area contributed by atoms with Crippen molar-refractivity contribution in [3.8, 4) is 0 Å². The molecule has 0 aliphatic carbocycles. The molecule has 0 bridgehead atoms. The highest BCUT2D eigenvalue weighted by atomic mass is 19.1. The van der Waals surface area contributed by atoms with Gasteiger partial charge < -0.3 is 15.6 Å². The van der Waals surface area contributed by atoms with Crippen molar-refractivity contribution in [2.24, 2.45) is 0 Å².